The fourth-order valence-electron chi connectivity index (χ4n) is 3.47. The smallest absolute Gasteiger partial charge is 0.229 e. The van der Waals surface area contributed by atoms with Crippen LogP contribution in [0.2, 0.25) is 0 Å². The van der Waals surface area contributed by atoms with E-state index in [1.54, 1.807) is 12.3 Å². The van der Waals surface area contributed by atoms with Gasteiger partial charge in [-0.05, 0) is 67.3 Å². The quantitative estimate of drug-likeness (QED) is 0.749. The van der Waals surface area contributed by atoms with E-state index in [1.165, 1.54) is 0 Å². The van der Waals surface area contributed by atoms with Crippen molar-refractivity contribution in [2.75, 3.05) is 11.9 Å². The molecule has 4 rings (SSSR count). The molecule has 2 N–H and O–H groups in total. The molecule has 1 aromatic heterocycles. The van der Waals surface area contributed by atoms with Crippen LogP contribution in [0.4, 0.5) is 10.1 Å². The molecule has 0 spiro atoms. The highest BCUT2D eigenvalue weighted by molar-refractivity contribution is 5.95. The van der Waals surface area contributed by atoms with Gasteiger partial charge < -0.3 is 15.1 Å². The van der Waals surface area contributed by atoms with Crippen LogP contribution in [0.25, 0.3) is 11.0 Å². The predicted octanol–water partition coefficient (Wildman–Crippen LogP) is 4.02. The second kappa shape index (κ2) is 6.57. The maximum absolute atomic E-state index is 14.7. The summed E-state index contributed by atoms with van der Waals surface area (Å²) in [5.74, 6) is -0.570. The fraction of sp³-hybridized carbons (Fsp3) is 0.286. The molecule has 0 aliphatic carbocycles. The van der Waals surface area contributed by atoms with E-state index < -0.39 is 0 Å². The largest absolute Gasteiger partial charge is 0.464 e. The minimum atomic E-state index is -0.319. The van der Waals surface area contributed by atoms with Crippen molar-refractivity contribution in [1.29, 1.82) is 0 Å². The second-order valence-corrected chi connectivity index (χ2v) is 6.91. The van der Waals surface area contributed by atoms with Gasteiger partial charge >= 0.3 is 0 Å². The molecule has 26 heavy (non-hydrogen) atoms. The number of amides is 1. The molecule has 0 radical (unpaired) electrons. The number of hydrogen-bond acceptors (Lipinski definition) is 3. The molecule has 1 amide bonds. The van der Waals surface area contributed by atoms with Gasteiger partial charge in [0.1, 0.15) is 11.4 Å². The van der Waals surface area contributed by atoms with Crippen LogP contribution in [0, 0.1) is 19.7 Å². The molecule has 2 aromatic carbocycles. The lowest BCUT2D eigenvalue weighted by Crippen LogP contribution is -2.25. The summed E-state index contributed by atoms with van der Waals surface area (Å²) in [6, 6.07) is 7.52. The lowest BCUT2D eigenvalue weighted by Gasteiger charge is -2.19. The number of fused-ring (bicyclic) bond motifs is 2. The van der Waals surface area contributed by atoms with Gasteiger partial charge in [0.05, 0.1) is 18.4 Å². The Hall–Kier alpha value is -2.66. The van der Waals surface area contributed by atoms with Gasteiger partial charge in [0, 0.05) is 17.5 Å². The zero-order valence-electron chi connectivity index (χ0n) is 14.9. The zero-order valence-corrected chi connectivity index (χ0v) is 14.9. The molecule has 5 heteroatoms. The summed E-state index contributed by atoms with van der Waals surface area (Å²) < 4.78 is 20.3. The SMILES string of the molecule is Cc1cc2occ(CC(=O)Nc3ccc4c(c3F)CCNC4)c2cc1C. The Morgan fingerprint density at radius 1 is 1.27 bits per heavy atom. The first-order valence-corrected chi connectivity index (χ1v) is 8.81. The van der Waals surface area contributed by atoms with Crippen LogP contribution in [-0.4, -0.2) is 12.5 Å². The Balaban J connectivity index is 1.56. The van der Waals surface area contributed by atoms with Crippen molar-refractivity contribution in [3.8, 4) is 0 Å². The van der Waals surface area contributed by atoms with Gasteiger partial charge in [0.15, 0.2) is 0 Å². The highest BCUT2D eigenvalue weighted by Crippen LogP contribution is 2.27. The van der Waals surface area contributed by atoms with Gasteiger partial charge in [0.2, 0.25) is 5.91 Å². The van der Waals surface area contributed by atoms with Crippen LogP contribution >= 0.6 is 0 Å². The number of carbonyl (C=O) groups is 1. The molecule has 0 unspecified atom stereocenters. The number of anilines is 1. The van der Waals surface area contributed by atoms with Gasteiger partial charge in [-0.2, -0.15) is 0 Å². The van der Waals surface area contributed by atoms with E-state index in [2.05, 4.69) is 10.6 Å². The molecular formula is C21H21FN2O2. The molecule has 134 valence electrons. The van der Waals surface area contributed by atoms with Crippen LogP contribution < -0.4 is 10.6 Å². The third-order valence-corrected chi connectivity index (χ3v) is 5.10. The van der Waals surface area contributed by atoms with E-state index in [1.807, 2.05) is 32.0 Å². The number of rotatable bonds is 3. The Kier molecular flexibility index (Phi) is 4.24. The number of benzene rings is 2. The molecule has 0 saturated heterocycles. The van der Waals surface area contributed by atoms with Crippen molar-refractivity contribution >= 4 is 22.6 Å². The molecule has 1 aliphatic heterocycles. The number of halogens is 1. The first-order chi connectivity index (χ1) is 12.5. The second-order valence-electron chi connectivity index (χ2n) is 6.91. The van der Waals surface area contributed by atoms with Crippen molar-refractivity contribution in [3.05, 3.63) is 64.2 Å². The number of furan rings is 1. The molecular weight excluding hydrogens is 331 g/mol. The summed E-state index contributed by atoms with van der Waals surface area (Å²) in [7, 11) is 0. The monoisotopic (exact) mass is 352 g/mol. The maximum Gasteiger partial charge on any atom is 0.229 e. The Morgan fingerprint density at radius 2 is 2.08 bits per heavy atom. The van der Waals surface area contributed by atoms with Gasteiger partial charge in [-0.3, -0.25) is 4.79 Å². The van der Waals surface area contributed by atoms with Crippen LogP contribution in [0.3, 0.4) is 0 Å². The van der Waals surface area contributed by atoms with E-state index in [-0.39, 0.29) is 23.8 Å². The minimum Gasteiger partial charge on any atom is -0.464 e. The molecule has 4 nitrogen and oxygen atoms in total. The Morgan fingerprint density at radius 3 is 2.92 bits per heavy atom. The summed E-state index contributed by atoms with van der Waals surface area (Å²) in [5.41, 5.74) is 5.77. The normalized spacial score (nSPS) is 13.7. The molecule has 0 fully saturated rings. The maximum atomic E-state index is 14.7. The van der Waals surface area contributed by atoms with E-state index in [4.69, 9.17) is 4.42 Å². The summed E-state index contributed by atoms with van der Waals surface area (Å²) >= 11 is 0. The van der Waals surface area contributed by atoms with Crippen LogP contribution in [0.15, 0.2) is 34.9 Å². The number of nitrogens with one attached hydrogen (secondary N) is 2. The Labute approximate surface area is 151 Å². The highest BCUT2D eigenvalue weighted by atomic mass is 19.1. The van der Waals surface area contributed by atoms with E-state index in [0.29, 0.717) is 18.5 Å². The van der Waals surface area contributed by atoms with Gasteiger partial charge in [-0.15, -0.1) is 0 Å². The third kappa shape index (κ3) is 2.99. The molecule has 1 aliphatic rings. The zero-order chi connectivity index (χ0) is 18.3. The molecule has 3 aromatic rings. The summed E-state index contributed by atoms with van der Waals surface area (Å²) in [5, 5.41) is 6.86. The summed E-state index contributed by atoms with van der Waals surface area (Å²) in [6.07, 6.45) is 2.39. The minimum absolute atomic E-state index is 0.146. The first-order valence-electron chi connectivity index (χ1n) is 8.81. The predicted molar refractivity (Wildman–Crippen MR) is 99.8 cm³/mol. The van der Waals surface area contributed by atoms with Crippen molar-refractivity contribution in [2.24, 2.45) is 0 Å². The third-order valence-electron chi connectivity index (χ3n) is 5.10. The highest BCUT2D eigenvalue weighted by Gasteiger charge is 2.18. The van der Waals surface area contributed by atoms with Crippen LogP contribution in [0.5, 0.6) is 0 Å². The number of hydrogen-bond donors (Lipinski definition) is 2. The average molecular weight is 352 g/mol. The molecule has 0 saturated carbocycles. The lowest BCUT2D eigenvalue weighted by molar-refractivity contribution is -0.115. The summed E-state index contributed by atoms with van der Waals surface area (Å²) in [4.78, 5) is 12.5. The van der Waals surface area contributed by atoms with Crippen molar-refractivity contribution in [1.82, 2.24) is 5.32 Å². The number of aryl methyl sites for hydroxylation is 2. The molecule has 0 atom stereocenters. The fourth-order valence-corrected chi connectivity index (χ4v) is 3.47. The topological polar surface area (TPSA) is 54.3 Å². The standard InChI is InChI=1S/C21H21FN2O2/c1-12-7-17-15(11-26-19(17)8-13(12)2)9-20(25)24-18-4-3-14-10-23-6-5-16(14)21(18)22/h3-4,7-8,11,23H,5-6,9-10H2,1-2H3,(H,24,25). The van der Waals surface area contributed by atoms with Crippen LogP contribution in [-0.2, 0) is 24.2 Å². The van der Waals surface area contributed by atoms with Crippen LogP contribution in [0.1, 0.15) is 27.8 Å². The van der Waals surface area contributed by atoms with Gasteiger partial charge in [0.25, 0.3) is 0 Å². The summed E-state index contributed by atoms with van der Waals surface area (Å²) in [6.45, 7) is 5.47. The number of carbonyl (C=O) groups excluding carboxylic acids is 1. The van der Waals surface area contributed by atoms with Crippen molar-refractivity contribution in [3.63, 3.8) is 0 Å². The molecule has 0 bridgehead atoms. The van der Waals surface area contributed by atoms with Gasteiger partial charge in [-0.1, -0.05) is 6.07 Å². The first kappa shape index (κ1) is 16.8. The Bertz CT molecular complexity index is 1010. The van der Waals surface area contributed by atoms with E-state index in [0.717, 1.165) is 39.8 Å². The van der Waals surface area contributed by atoms with Gasteiger partial charge in [-0.25, -0.2) is 4.39 Å². The van der Waals surface area contributed by atoms with E-state index in [9.17, 15) is 9.18 Å². The van der Waals surface area contributed by atoms with Crippen molar-refractivity contribution in [2.45, 2.75) is 33.2 Å². The van der Waals surface area contributed by atoms with E-state index >= 15 is 0 Å². The van der Waals surface area contributed by atoms with Crippen molar-refractivity contribution < 1.29 is 13.6 Å². The lowest BCUT2D eigenvalue weighted by atomic mass is 9.99. The average Bonchev–Trinajstić information content (AvgIpc) is 3.00. The molecule has 2 heterocycles.